The molecular formula is C18H23F3N2O2. The van der Waals surface area contributed by atoms with Gasteiger partial charge in [0.05, 0.1) is 0 Å². The van der Waals surface area contributed by atoms with E-state index in [1.54, 1.807) is 24.3 Å². The van der Waals surface area contributed by atoms with Crippen LogP contribution in [0.25, 0.3) is 0 Å². The third kappa shape index (κ3) is 3.53. The molecular weight excluding hydrogens is 333 g/mol. The summed E-state index contributed by atoms with van der Waals surface area (Å²) in [5, 5.41) is 0. The molecule has 2 bridgehead atoms. The van der Waals surface area contributed by atoms with E-state index < -0.39 is 24.3 Å². The predicted molar refractivity (Wildman–Crippen MR) is 87.0 cm³/mol. The van der Waals surface area contributed by atoms with E-state index in [0.29, 0.717) is 24.2 Å². The number of ether oxygens (including phenoxy) is 1. The molecule has 2 fully saturated rings. The highest BCUT2D eigenvalue weighted by molar-refractivity contribution is 5.92. The van der Waals surface area contributed by atoms with Crippen LogP contribution in [-0.2, 0) is 10.3 Å². The van der Waals surface area contributed by atoms with Gasteiger partial charge in [-0.3, -0.25) is 4.79 Å². The summed E-state index contributed by atoms with van der Waals surface area (Å²) in [5.74, 6) is -0.683. The standard InChI is InChI=1S/C18H23F3N2O2/c1-23-9-14-6-3-7-15(10-23)18(14,25-11-17(19,20)21)13-5-2-4-12(8-13)16(22)24/h2,4-5,8,14-15H,3,6-7,9-11H2,1H3,(H2,22,24)/t14-,15+,18+. The van der Waals surface area contributed by atoms with Gasteiger partial charge in [0.15, 0.2) is 0 Å². The number of likely N-dealkylation sites (tertiary alicyclic amines) is 1. The van der Waals surface area contributed by atoms with Crippen molar-refractivity contribution >= 4 is 5.91 Å². The number of nitrogens with two attached hydrogens (primary N) is 1. The van der Waals surface area contributed by atoms with Gasteiger partial charge in [-0.05, 0) is 37.6 Å². The van der Waals surface area contributed by atoms with Gasteiger partial charge in [-0.15, -0.1) is 0 Å². The molecule has 0 spiro atoms. The highest BCUT2D eigenvalue weighted by atomic mass is 19.4. The van der Waals surface area contributed by atoms with Crippen LogP contribution in [0.1, 0.15) is 35.2 Å². The lowest BCUT2D eigenvalue weighted by Crippen LogP contribution is -2.59. The number of carbonyl (C=O) groups is 1. The summed E-state index contributed by atoms with van der Waals surface area (Å²) in [6.45, 7) is 0.0643. The Morgan fingerprint density at radius 2 is 1.96 bits per heavy atom. The monoisotopic (exact) mass is 356 g/mol. The van der Waals surface area contributed by atoms with Gasteiger partial charge < -0.3 is 15.4 Å². The summed E-state index contributed by atoms with van der Waals surface area (Å²) in [6.07, 6.45) is -1.80. The zero-order valence-corrected chi connectivity index (χ0v) is 14.2. The Balaban J connectivity index is 2.06. The van der Waals surface area contributed by atoms with Crippen LogP contribution in [-0.4, -0.2) is 43.7 Å². The molecule has 25 heavy (non-hydrogen) atoms. The van der Waals surface area contributed by atoms with Crippen LogP contribution in [0.5, 0.6) is 0 Å². The molecule has 7 heteroatoms. The number of alkyl halides is 3. The van der Waals surface area contributed by atoms with Crippen molar-refractivity contribution in [3.05, 3.63) is 35.4 Å². The van der Waals surface area contributed by atoms with Crippen LogP contribution < -0.4 is 5.73 Å². The molecule has 4 nitrogen and oxygen atoms in total. The molecule has 1 amide bonds. The fraction of sp³-hybridized carbons (Fsp3) is 0.611. The third-order valence-corrected chi connectivity index (χ3v) is 5.46. The number of carbonyl (C=O) groups excluding carboxylic acids is 1. The maximum absolute atomic E-state index is 12.9. The van der Waals surface area contributed by atoms with E-state index >= 15 is 0 Å². The molecule has 2 aliphatic rings. The van der Waals surface area contributed by atoms with Gasteiger partial charge in [-0.25, -0.2) is 0 Å². The maximum Gasteiger partial charge on any atom is 0.411 e. The van der Waals surface area contributed by atoms with Gasteiger partial charge in [0.1, 0.15) is 12.2 Å². The first-order chi connectivity index (χ1) is 11.7. The SMILES string of the molecule is CN1C[C@H]2CCC[C@@H](C1)[C@]2(OCC(F)(F)F)c1cccc(C(N)=O)c1. The Hall–Kier alpha value is -1.60. The number of nitrogens with zero attached hydrogens (tertiary/aromatic N) is 1. The van der Waals surface area contributed by atoms with Gasteiger partial charge in [0.25, 0.3) is 0 Å². The van der Waals surface area contributed by atoms with E-state index in [1.165, 1.54) is 0 Å². The smallest absolute Gasteiger partial charge is 0.366 e. The Labute approximate surface area is 145 Å². The van der Waals surface area contributed by atoms with Crippen LogP contribution in [0.2, 0.25) is 0 Å². The van der Waals surface area contributed by atoms with E-state index in [4.69, 9.17) is 10.5 Å². The Bertz CT molecular complexity index is 633. The lowest BCUT2D eigenvalue weighted by molar-refractivity contribution is -0.251. The molecule has 3 atom stereocenters. The summed E-state index contributed by atoms with van der Waals surface area (Å²) in [6, 6.07) is 6.62. The van der Waals surface area contributed by atoms with Crippen molar-refractivity contribution in [3.63, 3.8) is 0 Å². The number of hydrogen-bond acceptors (Lipinski definition) is 3. The summed E-state index contributed by atoms with van der Waals surface area (Å²) in [4.78, 5) is 13.7. The number of primary amides is 1. The highest BCUT2D eigenvalue weighted by Gasteiger charge is 2.54. The van der Waals surface area contributed by atoms with Crippen LogP contribution in [0.15, 0.2) is 24.3 Å². The fourth-order valence-corrected chi connectivity index (χ4v) is 4.56. The largest absolute Gasteiger partial charge is 0.411 e. The second kappa shape index (κ2) is 6.61. The average Bonchev–Trinajstić information content (AvgIpc) is 2.52. The van der Waals surface area contributed by atoms with Crippen molar-refractivity contribution in [2.45, 2.75) is 31.0 Å². The molecule has 1 saturated carbocycles. The highest BCUT2D eigenvalue weighted by Crippen LogP contribution is 2.52. The minimum atomic E-state index is -4.40. The van der Waals surface area contributed by atoms with Crippen molar-refractivity contribution < 1.29 is 22.7 Å². The molecule has 138 valence electrons. The second-order valence-corrected chi connectivity index (χ2v) is 7.19. The van der Waals surface area contributed by atoms with E-state index in [2.05, 4.69) is 4.90 Å². The van der Waals surface area contributed by atoms with Crippen LogP contribution in [0.3, 0.4) is 0 Å². The van der Waals surface area contributed by atoms with Crippen molar-refractivity contribution in [1.29, 1.82) is 0 Å². The first-order valence-corrected chi connectivity index (χ1v) is 8.52. The zero-order chi connectivity index (χ0) is 18.2. The van der Waals surface area contributed by atoms with Crippen molar-refractivity contribution in [2.24, 2.45) is 17.6 Å². The molecule has 3 rings (SSSR count). The Morgan fingerprint density at radius 3 is 2.52 bits per heavy atom. The number of amides is 1. The maximum atomic E-state index is 12.9. The molecule has 0 unspecified atom stereocenters. The second-order valence-electron chi connectivity index (χ2n) is 7.19. The number of fused-ring (bicyclic) bond motifs is 2. The minimum absolute atomic E-state index is 0.0459. The van der Waals surface area contributed by atoms with Crippen LogP contribution >= 0.6 is 0 Å². The molecule has 1 aromatic carbocycles. The average molecular weight is 356 g/mol. The number of rotatable bonds is 4. The molecule has 0 aromatic heterocycles. The van der Waals surface area contributed by atoms with Gasteiger partial charge in [0, 0.05) is 30.5 Å². The van der Waals surface area contributed by atoms with Gasteiger partial charge >= 0.3 is 6.18 Å². The normalized spacial score (nSPS) is 30.2. The molecule has 1 heterocycles. The van der Waals surface area contributed by atoms with Crippen LogP contribution in [0, 0.1) is 11.8 Å². The van der Waals surface area contributed by atoms with Gasteiger partial charge in [0.2, 0.25) is 5.91 Å². The van der Waals surface area contributed by atoms with Crippen LogP contribution in [0.4, 0.5) is 13.2 Å². The lowest BCUT2D eigenvalue weighted by Gasteiger charge is -2.55. The van der Waals surface area contributed by atoms with E-state index in [1.807, 2.05) is 7.05 Å². The fourth-order valence-electron chi connectivity index (χ4n) is 4.56. The molecule has 1 aliphatic heterocycles. The molecule has 1 saturated heterocycles. The predicted octanol–water partition coefficient (Wildman–Crippen LogP) is 2.92. The number of benzene rings is 1. The van der Waals surface area contributed by atoms with Crippen molar-refractivity contribution in [3.8, 4) is 0 Å². The summed E-state index contributed by atoms with van der Waals surface area (Å²) in [7, 11) is 1.98. The number of halogens is 3. The topological polar surface area (TPSA) is 55.6 Å². The van der Waals surface area contributed by atoms with Crippen molar-refractivity contribution in [2.75, 3.05) is 26.7 Å². The zero-order valence-electron chi connectivity index (χ0n) is 14.2. The first kappa shape index (κ1) is 18.2. The minimum Gasteiger partial charge on any atom is -0.366 e. The molecule has 0 radical (unpaired) electrons. The molecule has 2 N–H and O–H groups in total. The van der Waals surface area contributed by atoms with Crippen molar-refractivity contribution in [1.82, 2.24) is 4.90 Å². The quantitative estimate of drug-likeness (QED) is 0.903. The molecule has 1 aliphatic carbocycles. The number of hydrogen-bond donors (Lipinski definition) is 1. The number of piperidine rings is 1. The van der Waals surface area contributed by atoms with E-state index in [9.17, 15) is 18.0 Å². The Kier molecular flexibility index (Phi) is 4.81. The molecule has 1 aromatic rings. The summed E-state index contributed by atoms with van der Waals surface area (Å²) < 4.78 is 44.5. The van der Waals surface area contributed by atoms with Gasteiger partial charge in [-0.1, -0.05) is 18.6 Å². The first-order valence-electron chi connectivity index (χ1n) is 8.52. The summed E-state index contributed by atoms with van der Waals surface area (Å²) in [5.41, 5.74) is 5.28. The van der Waals surface area contributed by atoms with E-state index in [0.717, 1.165) is 19.3 Å². The Morgan fingerprint density at radius 1 is 1.32 bits per heavy atom. The van der Waals surface area contributed by atoms with Gasteiger partial charge in [-0.2, -0.15) is 13.2 Å². The van der Waals surface area contributed by atoms with E-state index in [-0.39, 0.29) is 11.8 Å². The third-order valence-electron chi connectivity index (χ3n) is 5.46. The summed E-state index contributed by atoms with van der Waals surface area (Å²) >= 11 is 0. The lowest BCUT2D eigenvalue weighted by atomic mass is 9.62.